The lowest BCUT2D eigenvalue weighted by molar-refractivity contribution is -0.901. The number of aromatic nitrogens is 3. The molecule has 0 atom stereocenters. The second-order valence-electron chi connectivity index (χ2n) is 6.44. The Kier molecular flexibility index (Phi) is 5.47. The molecule has 4 N–H and O–H groups in total. The quantitative estimate of drug-likeness (QED) is 0.440. The molecule has 0 aliphatic heterocycles. The van der Waals surface area contributed by atoms with Crippen LogP contribution in [0.3, 0.4) is 0 Å². The van der Waals surface area contributed by atoms with E-state index in [1.807, 2.05) is 25.1 Å². The number of fused-ring (bicyclic) bond motifs is 3. The molecule has 0 radical (unpaired) electrons. The minimum Gasteiger partial charge on any atom is -0.391 e. The van der Waals surface area contributed by atoms with Crippen molar-refractivity contribution in [3.05, 3.63) is 40.4 Å². The third-order valence-electron chi connectivity index (χ3n) is 4.59. The molecule has 3 aromatic rings. The van der Waals surface area contributed by atoms with Gasteiger partial charge in [-0.2, -0.15) is 0 Å². The molecule has 7 heteroatoms. The molecule has 2 aromatic heterocycles. The van der Waals surface area contributed by atoms with Crippen molar-refractivity contribution in [2.24, 2.45) is 0 Å². The molecule has 0 amide bonds. The van der Waals surface area contributed by atoms with E-state index < -0.39 is 0 Å². The molecule has 134 valence electrons. The summed E-state index contributed by atoms with van der Waals surface area (Å²) in [4.78, 5) is 21.5. The van der Waals surface area contributed by atoms with Gasteiger partial charge in [-0.25, -0.2) is 4.98 Å². The van der Waals surface area contributed by atoms with Crippen LogP contribution in [0.4, 0.5) is 0 Å². The van der Waals surface area contributed by atoms with E-state index in [0.717, 1.165) is 34.3 Å². The standard InChI is InChI=1S/C18H24N4O3/c1-13-3-4-15-14(11-13)16-17(20-15)18(25)22(12-19-16)6-2-5-21(7-9-23)8-10-24/h3-4,11-12,20,23-24H,2,5-10H2,1H3/p+1. The lowest BCUT2D eigenvalue weighted by Gasteiger charge is -2.17. The van der Waals surface area contributed by atoms with E-state index in [0.29, 0.717) is 30.7 Å². The molecule has 0 aliphatic rings. The lowest BCUT2D eigenvalue weighted by Crippen LogP contribution is -3.13. The summed E-state index contributed by atoms with van der Waals surface area (Å²) in [5.74, 6) is 0. The molecule has 0 spiro atoms. The van der Waals surface area contributed by atoms with E-state index in [9.17, 15) is 4.79 Å². The summed E-state index contributed by atoms with van der Waals surface area (Å²) in [5.41, 5.74) is 3.25. The number of hydrogen-bond acceptors (Lipinski definition) is 4. The van der Waals surface area contributed by atoms with Gasteiger partial charge in [-0.05, 0) is 19.1 Å². The van der Waals surface area contributed by atoms with E-state index >= 15 is 0 Å². The van der Waals surface area contributed by atoms with Crippen molar-refractivity contribution in [1.29, 1.82) is 0 Å². The molecule has 0 fully saturated rings. The Morgan fingerprint density at radius 2 is 1.96 bits per heavy atom. The summed E-state index contributed by atoms with van der Waals surface area (Å²) in [5, 5.41) is 19.1. The predicted molar refractivity (Wildman–Crippen MR) is 96.9 cm³/mol. The zero-order valence-corrected chi connectivity index (χ0v) is 14.5. The zero-order chi connectivity index (χ0) is 17.8. The van der Waals surface area contributed by atoms with Crippen LogP contribution in [0.1, 0.15) is 12.0 Å². The maximum Gasteiger partial charge on any atom is 0.277 e. The molecule has 0 unspecified atom stereocenters. The molecule has 0 bridgehead atoms. The Labute approximate surface area is 145 Å². The fraction of sp³-hybridized carbons (Fsp3) is 0.444. The summed E-state index contributed by atoms with van der Waals surface area (Å²) in [7, 11) is 0. The van der Waals surface area contributed by atoms with E-state index in [4.69, 9.17) is 10.2 Å². The van der Waals surface area contributed by atoms with Gasteiger partial charge < -0.3 is 20.1 Å². The lowest BCUT2D eigenvalue weighted by atomic mass is 10.2. The van der Waals surface area contributed by atoms with Crippen LogP contribution in [0.25, 0.3) is 21.9 Å². The predicted octanol–water partition coefficient (Wildman–Crippen LogP) is -0.554. The van der Waals surface area contributed by atoms with E-state index in [1.54, 1.807) is 10.9 Å². The minimum atomic E-state index is -0.0651. The Bertz CT molecular complexity index is 910. The van der Waals surface area contributed by atoms with Crippen molar-refractivity contribution >= 4 is 21.9 Å². The average Bonchev–Trinajstić information content (AvgIpc) is 2.96. The fourth-order valence-corrected chi connectivity index (χ4v) is 3.25. The zero-order valence-electron chi connectivity index (χ0n) is 14.5. The Morgan fingerprint density at radius 3 is 2.68 bits per heavy atom. The molecule has 0 saturated carbocycles. The van der Waals surface area contributed by atoms with Crippen LogP contribution < -0.4 is 10.5 Å². The highest BCUT2D eigenvalue weighted by Crippen LogP contribution is 2.22. The first-order chi connectivity index (χ1) is 12.1. The first-order valence-electron chi connectivity index (χ1n) is 8.67. The van der Waals surface area contributed by atoms with Gasteiger partial charge in [0.05, 0.1) is 26.1 Å². The van der Waals surface area contributed by atoms with Crippen LogP contribution in [-0.4, -0.2) is 57.6 Å². The molecule has 3 rings (SSSR count). The van der Waals surface area contributed by atoms with E-state index in [2.05, 4.69) is 9.97 Å². The van der Waals surface area contributed by atoms with Crippen molar-refractivity contribution in [2.45, 2.75) is 19.9 Å². The normalized spacial score (nSPS) is 11.8. The summed E-state index contributed by atoms with van der Waals surface area (Å²) in [6.07, 6.45) is 2.39. The molecular formula is C18H25N4O3+. The number of hydrogen-bond donors (Lipinski definition) is 4. The highest BCUT2D eigenvalue weighted by Gasteiger charge is 2.12. The topological polar surface area (TPSA) is 95.6 Å². The Morgan fingerprint density at radius 1 is 1.20 bits per heavy atom. The maximum absolute atomic E-state index is 12.7. The van der Waals surface area contributed by atoms with Crippen LogP contribution in [0.5, 0.6) is 0 Å². The van der Waals surface area contributed by atoms with Gasteiger partial charge >= 0.3 is 0 Å². The van der Waals surface area contributed by atoms with Crippen LogP contribution in [0.15, 0.2) is 29.3 Å². The van der Waals surface area contributed by atoms with Crippen molar-refractivity contribution < 1.29 is 15.1 Å². The molecular weight excluding hydrogens is 320 g/mol. The first kappa shape index (κ1) is 17.6. The van der Waals surface area contributed by atoms with Crippen molar-refractivity contribution in [1.82, 2.24) is 14.5 Å². The van der Waals surface area contributed by atoms with Gasteiger partial charge in [0.1, 0.15) is 24.1 Å². The number of benzene rings is 1. The molecule has 0 saturated heterocycles. The molecule has 25 heavy (non-hydrogen) atoms. The summed E-state index contributed by atoms with van der Waals surface area (Å²) in [6, 6.07) is 6.02. The van der Waals surface area contributed by atoms with Gasteiger partial charge in [0.15, 0.2) is 0 Å². The molecule has 0 aliphatic carbocycles. The SMILES string of the molecule is Cc1ccc2[nH]c3c(=O)n(CCC[NH+](CCO)CCO)cnc3c2c1. The third-order valence-corrected chi connectivity index (χ3v) is 4.59. The van der Waals surface area contributed by atoms with Crippen molar-refractivity contribution in [3.63, 3.8) is 0 Å². The number of rotatable bonds is 8. The van der Waals surface area contributed by atoms with Crippen LogP contribution in [0, 0.1) is 6.92 Å². The first-order valence-corrected chi connectivity index (χ1v) is 8.67. The maximum atomic E-state index is 12.7. The van der Waals surface area contributed by atoms with Gasteiger partial charge in [-0.3, -0.25) is 9.36 Å². The number of aliphatic hydroxyl groups excluding tert-OH is 2. The van der Waals surface area contributed by atoms with Crippen molar-refractivity contribution in [2.75, 3.05) is 32.8 Å². The third kappa shape index (κ3) is 3.73. The Balaban J connectivity index is 1.80. The Hall–Kier alpha value is -2.22. The van der Waals surface area contributed by atoms with Gasteiger partial charge in [0.2, 0.25) is 0 Å². The van der Waals surface area contributed by atoms with Crippen molar-refractivity contribution in [3.8, 4) is 0 Å². The second-order valence-corrected chi connectivity index (χ2v) is 6.44. The van der Waals surface area contributed by atoms with Crippen LogP contribution in [-0.2, 0) is 6.54 Å². The smallest absolute Gasteiger partial charge is 0.277 e. The van der Waals surface area contributed by atoms with Crippen LogP contribution in [0.2, 0.25) is 0 Å². The molecule has 7 nitrogen and oxygen atoms in total. The largest absolute Gasteiger partial charge is 0.391 e. The van der Waals surface area contributed by atoms with E-state index in [1.165, 1.54) is 0 Å². The van der Waals surface area contributed by atoms with Gasteiger partial charge in [-0.1, -0.05) is 11.6 Å². The summed E-state index contributed by atoms with van der Waals surface area (Å²) < 4.78 is 1.63. The van der Waals surface area contributed by atoms with Gasteiger partial charge in [0.25, 0.3) is 5.56 Å². The fourth-order valence-electron chi connectivity index (χ4n) is 3.25. The van der Waals surface area contributed by atoms with Gasteiger partial charge in [0, 0.05) is 23.9 Å². The highest BCUT2D eigenvalue weighted by molar-refractivity contribution is 6.04. The van der Waals surface area contributed by atoms with Gasteiger partial charge in [-0.15, -0.1) is 0 Å². The van der Waals surface area contributed by atoms with Crippen LogP contribution >= 0.6 is 0 Å². The monoisotopic (exact) mass is 345 g/mol. The number of aryl methyl sites for hydroxylation is 2. The summed E-state index contributed by atoms with van der Waals surface area (Å²) >= 11 is 0. The number of nitrogens with one attached hydrogen (secondary N) is 2. The number of H-pyrrole nitrogens is 1. The van der Waals surface area contributed by atoms with E-state index in [-0.39, 0.29) is 18.8 Å². The number of quaternary nitrogens is 1. The second kappa shape index (κ2) is 7.77. The molecule has 2 heterocycles. The molecule has 1 aromatic carbocycles. The summed E-state index contributed by atoms with van der Waals surface area (Å²) in [6.45, 7) is 4.77. The highest BCUT2D eigenvalue weighted by atomic mass is 16.3. The average molecular weight is 345 g/mol. The minimum absolute atomic E-state index is 0.0651. The number of nitrogens with zero attached hydrogens (tertiary/aromatic N) is 2. The number of aliphatic hydroxyl groups is 2. The number of aromatic amines is 1.